The summed E-state index contributed by atoms with van der Waals surface area (Å²) >= 11 is 1.71. The summed E-state index contributed by atoms with van der Waals surface area (Å²) in [5, 5.41) is 2.37. The Bertz CT molecular complexity index is 830. The van der Waals surface area contributed by atoms with Crippen molar-refractivity contribution in [2.24, 2.45) is 4.99 Å². The van der Waals surface area contributed by atoms with Crippen molar-refractivity contribution in [2.45, 2.75) is 6.54 Å². The first-order valence-electron chi connectivity index (χ1n) is 6.66. The molecule has 1 aliphatic rings. The van der Waals surface area contributed by atoms with Crippen LogP contribution in [0.4, 0.5) is 5.69 Å². The average Bonchev–Trinajstić information content (AvgIpc) is 2.77. The summed E-state index contributed by atoms with van der Waals surface area (Å²) in [5.41, 5.74) is 4.86. The first kappa shape index (κ1) is 11.8. The molecule has 0 aliphatic carbocycles. The highest BCUT2D eigenvalue weighted by atomic mass is 32.2. The Kier molecular flexibility index (Phi) is 2.67. The van der Waals surface area contributed by atoms with Gasteiger partial charge in [-0.3, -0.25) is 0 Å². The minimum Gasteiger partial charge on any atom is -0.334 e. The Labute approximate surface area is 122 Å². The molecule has 0 N–H and O–H groups in total. The first-order chi connectivity index (χ1) is 9.86. The van der Waals surface area contributed by atoms with Crippen molar-refractivity contribution in [3.63, 3.8) is 0 Å². The number of hydrogen-bond donors (Lipinski definition) is 0. The molecule has 98 valence electrons. The zero-order valence-corrected chi connectivity index (χ0v) is 12.0. The van der Waals surface area contributed by atoms with E-state index in [0.29, 0.717) is 0 Å². The number of hydrogen-bond acceptors (Lipinski definition) is 2. The van der Waals surface area contributed by atoms with Crippen LogP contribution in [0.2, 0.25) is 0 Å². The van der Waals surface area contributed by atoms with Crippen molar-refractivity contribution < 1.29 is 0 Å². The van der Waals surface area contributed by atoms with Gasteiger partial charge in [0, 0.05) is 10.9 Å². The van der Waals surface area contributed by atoms with Gasteiger partial charge in [0.1, 0.15) is 5.04 Å². The molecule has 0 saturated heterocycles. The molecule has 0 unspecified atom stereocenters. The highest BCUT2D eigenvalue weighted by molar-refractivity contribution is 8.13. The van der Waals surface area contributed by atoms with Gasteiger partial charge in [-0.05, 0) is 30.0 Å². The molecule has 2 nitrogen and oxygen atoms in total. The molecule has 3 aromatic rings. The summed E-state index contributed by atoms with van der Waals surface area (Å²) in [6.07, 6.45) is 2.09. The molecule has 1 aromatic heterocycles. The van der Waals surface area contributed by atoms with E-state index in [1.165, 1.54) is 22.2 Å². The van der Waals surface area contributed by atoms with Gasteiger partial charge in [0.05, 0.1) is 17.9 Å². The molecule has 0 atom stereocenters. The molecular formula is C17H14N2S. The fraction of sp³-hybridized carbons (Fsp3) is 0.118. The van der Waals surface area contributed by atoms with Crippen LogP contribution in [0.1, 0.15) is 11.3 Å². The van der Waals surface area contributed by atoms with E-state index in [4.69, 9.17) is 4.99 Å². The van der Waals surface area contributed by atoms with Gasteiger partial charge in [-0.15, -0.1) is 11.8 Å². The fourth-order valence-electron chi connectivity index (χ4n) is 2.80. The fourth-order valence-corrected chi connectivity index (χ4v) is 3.37. The Morgan fingerprint density at radius 1 is 1.05 bits per heavy atom. The maximum atomic E-state index is 4.85. The minimum atomic E-state index is 0.882. The van der Waals surface area contributed by atoms with Crippen LogP contribution in [-0.4, -0.2) is 15.9 Å². The molecule has 1 aliphatic heterocycles. The highest BCUT2D eigenvalue weighted by Crippen LogP contribution is 2.31. The van der Waals surface area contributed by atoms with Crippen LogP contribution < -0.4 is 0 Å². The molecular weight excluding hydrogens is 264 g/mol. The average molecular weight is 278 g/mol. The van der Waals surface area contributed by atoms with Gasteiger partial charge in [0.15, 0.2) is 0 Å². The van der Waals surface area contributed by atoms with Crippen molar-refractivity contribution in [1.29, 1.82) is 0 Å². The molecule has 20 heavy (non-hydrogen) atoms. The number of rotatable bonds is 0. The topological polar surface area (TPSA) is 17.3 Å². The summed E-state index contributed by atoms with van der Waals surface area (Å²) in [7, 11) is 0. The molecule has 0 saturated carbocycles. The lowest BCUT2D eigenvalue weighted by Gasteiger charge is -2.08. The van der Waals surface area contributed by atoms with Crippen molar-refractivity contribution in [3.05, 3.63) is 65.9 Å². The summed E-state index contributed by atoms with van der Waals surface area (Å²) < 4.78 is 2.37. The lowest BCUT2D eigenvalue weighted by Crippen LogP contribution is -2.05. The number of nitrogens with zero attached hydrogens (tertiary/aromatic N) is 2. The molecule has 0 radical (unpaired) electrons. The number of benzene rings is 2. The first-order valence-corrected chi connectivity index (χ1v) is 7.88. The molecule has 0 fully saturated rings. The van der Waals surface area contributed by atoms with E-state index in [-0.39, 0.29) is 0 Å². The summed E-state index contributed by atoms with van der Waals surface area (Å²) in [4.78, 5) is 4.85. The van der Waals surface area contributed by atoms with E-state index in [0.717, 1.165) is 17.3 Å². The van der Waals surface area contributed by atoms with Gasteiger partial charge in [0.25, 0.3) is 0 Å². The van der Waals surface area contributed by atoms with E-state index in [2.05, 4.69) is 65.4 Å². The van der Waals surface area contributed by atoms with Gasteiger partial charge < -0.3 is 4.57 Å². The maximum Gasteiger partial charge on any atom is 0.120 e. The second-order valence-corrected chi connectivity index (χ2v) is 5.72. The normalized spacial score (nSPS) is 13.6. The van der Waals surface area contributed by atoms with Crippen molar-refractivity contribution in [3.8, 4) is 0 Å². The lowest BCUT2D eigenvalue weighted by atomic mass is 10.2. The standard InChI is InChI=1S/C17H14N2S/c1-20-17-16-10-12-6-3-5-9-15(12)19(16)11-13-7-2-4-8-14(13)18-17/h2-10H,11H2,1H3. The molecule has 0 spiro atoms. The molecule has 2 aromatic carbocycles. The minimum absolute atomic E-state index is 0.882. The number of thioether (sulfide) groups is 1. The van der Waals surface area contributed by atoms with Crippen LogP contribution in [0.3, 0.4) is 0 Å². The van der Waals surface area contributed by atoms with E-state index in [9.17, 15) is 0 Å². The van der Waals surface area contributed by atoms with Gasteiger partial charge in [-0.2, -0.15) is 0 Å². The number of para-hydroxylation sites is 2. The van der Waals surface area contributed by atoms with Crippen LogP contribution >= 0.6 is 11.8 Å². The predicted octanol–water partition coefficient (Wildman–Crippen LogP) is 4.44. The van der Waals surface area contributed by atoms with E-state index in [1.807, 2.05) is 0 Å². The second kappa shape index (κ2) is 4.53. The van der Waals surface area contributed by atoms with Gasteiger partial charge in [-0.1, -0.05) is 36.4 Å². The maximum absolute atomic E-state index is 4.85. The Hall–Kier alpha value is -2.00. The number of aliphatic imine (C=N–C) groups is 1. The molecule has 3 heteroatoms. The van der Waals surface area contributed by atoms with Crippen LogP contribution in [0, 0.1) is 0 Å². The third-order valence-electron chi connectivity index (χ3n) is 3.77. The van der Waals surface area contributed by atoms with E-state index < -0.39 is 0 Å². The summed E-state index contributed by atoms with van der Waals surface area (Å²) in [6.45, 7) is 0.882. The van der Waals surface area contributed by atoms with Crippen molar-refractivity contribution in [1.82, 2.24) is 4.57 Å². The Morgan fingerprint density at radius 2 is 1.85 bits per heavy atom. The van der Waals surface area contributed by atoms with Crippen LogP contribution in [-0.2, 0) is 6.54 Å². The third kappa shape index (κ3) is 1.70. The quantitative estimate of drug-likeness (QED) is 0.594. The predicted molar refractivity (Wildman–Crippen MR) is 87.2 cm³/mol. The summed E-state index contributed by atoms with van der Waals surface area (Å²) in [6, 6.07) is 19.2. The Balaban J connectivity index is 2.05. The SMILES string of the molecule is CSC1=Nc2ccccc2Cn2c1cc1ccccc12. The van der Waals surface area contributed by atoms with Gasteiger partial charge in [0.2, 0.25) is 0 Å². The van der Waals surface area contributed by atoms with Gasteiger partial charge >= 0.3 is 0 Å². The second-order valence-electron chi connectivity index (χ2n) is 4.92. The summed E-state index contributed by atoms with van der Waals surface area (Å²) in [5.74, 6) is 0. The van der Waals surface area contributed by atoms with E-state index in [1.54, 1.807) is 11.8 Å². The number of aromatic nitrogens is 1. The smallest absolute Gasteiger partial charge is 0.120 e. The molecule has 4 rings (SSSR count). The molecule has 2 heterocycles. The molecule has 0 amide bonds. The van der Waals surface area contributed by atoms with Crippen LogP contribution in [0.5, 0.6) is 0 Å². The Morgan fingerprint density at radius 3 is 2.75 bits per heavy atom. The largest absolute Gasteiger partial charge is 0.334 e. The zero-order valence-electron chi connectivity index (χ0n) is 11.2. The third-order valence-corrected chi connectivity index (χ3v) is 4.45. The van der Waals surface area contributed by atoms with Crippen molar-refractivity contribution in [2.75, 3.05) is 6.26 Å². The zero-order chi connectivity index (χ0) is 13.5. The lowest BCUT2D eigenvalue weighted by molar-refractivity contribution is 0.836. The number of fused-ring (bicyclic) bond motifs is 4. The van der Waals surface area contributed by atoms with Crippen LogP contribution in [0.15, 0.2) is 59.6 Å². The monoisotopic (exact) mass is 278 g/mol. The highest BCUT2D eigenvalue weighted by Gasteiger charge is 2.18. The van der Waals surface area contributed by atoms with Crippen LogP contribution in [0.25, 0.3) is 10.9 Å². The van der Waals surface area contributed by atoms with Crippen molar-refractivity contribution >= 4 is 33.4 Å². The molecule has 0 bridgehead atoms. The van der Waals surface area contributed by atoms with E-state index >= 15 is 0 Å². The van der Waals surface area contributed by atoms with Gasteiger partial charge in [-0.25, -0.2) is 4.99 Å².